The number of nitrogens with one attached hydrogen (secondary N) is 1. The molecule has 0 radical (unpaired) electrons. The predicted molar refractivity (Wildman–Crippen MR) is 102 cm³/mol. The first-order valence-corrected chi connectivity index (χ1v) is 10.4. The van der Waals surface area contributed by atoms with Gasteiger partial charge in [-0.15, -0.1) is 0 Å². The summed E-state index contributed by atoms with van der Waals surface area (Å²) in [6.07, 6.45) is 1.83. The van der Waals surface area contributed by atoms with Crippen LogP contribution in [0.2, 0.25) is 0 Å². The van der Waals surface area contributed by atoms with Gasteiger partial charge < -0.3 is 0 Å². The van der Waals surface area contributed by atoms with Gasteiger partial charge in [-0.1, -0.05) is 31.2 Å². The fourth-order valence-electron chi connectivity index (χ4n) is 2.99. The van der Waals surface area contributed by atoms with Crippen LogP contribution >= 0.6 is 0 Å². The normalized spacial score (nSPS) is 16.9. The summed E-state index contributed by atoms with van der Waals surface area (Å²) in [4.78, 5) is 12.3. The van der Waals surface area contributed by atoms with Crippen LogP contribution in [0.4, 0.5) is 10.1 Å². The second-order valence-corrected chi connectivity index (χ2v) is 8.11. The van der Waals surface area contributed by atoms with Crippen LogP contribution in [0.15, 0.2) is 53.6 Å². The largest absolute Gasteiger partial charge is 0.284 e. The van der Waals surface area contributed by atoms with E-state index in [0.717, 1.165) is 11.8 Å². The Morgan fingerprint density at radius 1 is 1.26 bits per heavy atom. The molecule has 0 aromatic heterocycles. The number of rotatable bonds is 5. The van der Waals surface area contributed by atoms with Crippen LogP contribution in [0.5, 0.6) is 0 Å². The summed E-state index contributed by atoms with van der Waals surface area (Å²) in [7, 11) is -3.35. The first kappa shape index (κ1) is 19.0. The molecule has 1 atom stereocenters. The van der Waals surface area contributed by atoms with Crippen molar-refractivity contribution < 1.29 is 17.6 Å². The summed E-state index contributed by atoms with van der Waals surface area (Å²) in [5, 5.41) is 5.87. The fraction of sp³-hybridized carbons (Fsp3) is 0.263. The molecule has 1 aliphatic heterocycles. The van der Waals surface area contributed by atoms with Crippen LogP contribution in [0.1, 0.15) is 36.9 Å². The zero-order valence-electron chi connectivity index (χ0n) is 15.0. The number of sulfonamides is 1. The summed E-state index contributed by atoms with van der Waals surface area (Å²) >= 11 is 0. The fourth-order valence-corrected chi connectivity index (χ4v) is 3.56. The molecule has 1 N–H and O–H groups in total. The van der Waals surface area contributed by atoms with E-state index >= 15 is 0 Å². The molecule has 2 aromatic carbocycles. The summed E-state index contributed by atoms with van der Waals surface area (Å²) in [5.41, 5.74) is 2.60. The Morgan fingerprint density at radius 2 is 1.96 bits per heavy atom. The van der Waals surface area contributed by atoms with E-state index in [2.05, 4.69) is 9.82 Å². The van der Waals surface area contributed by atoms with Gasteiger partial charge in [0.25, 0.3) is 0 Å². The highest BCUT2D eigenvalue weighted by Gasteiger charge is 2.32. The highest BCUT2D eigenvalue weighted by atomic mass is 32.2. The van der Waals surface area contributed by atoms with E-state index in [0.29, 0.717) is 29.8 Å². The van der Waals surface area contributed by atoms with Gasteiger partial charge >= 0.3 is 0 Å². The summed E-state index contributed by atoms with van der Waals surface area (Å²) < 4.78 is 38.7. The van der Waals surface area contributed by atoms with Crippen molar-refractivity contribution in [2.45, 2.75) is 25.8 Å². The minimum absolute atomic E-state index is 0.144. The van der Waals surface area contributed by atoms with Gasteiger partial charge in [0.15, 0.2) is 0 Å². The number of halogens is 1. The summed E-state index contributed by atoms with van der Waals surface area (Å²) in [6.45, 7) is 1.75. The third kappa shape index (κ3) is 4.51. The number of carbonyl (C=O) groups is 1. The molecular weight excluding hydrogens is 369 g/mol. The maximum Gasteiger partial charge on any atom is 0.242 e. The van der Waals surface area contributed by atoms with Crippen LogP contribution < -0.4 is 4.72 Å². The first-order chi connectivity index (χ1) is 12.8. The lowest BCUT2D eigenvalue weighted by Gasteiger charge is -2.21. The standard InChI is InChI=1S/C19H20FN3O3S/c1-3-19(24)23-18(14-5-4-6-15(20)11-14)12-17(21-23)13-7-9-16(10-8-13)22-27(2,25)26/h4-11,18,22H,3,12H2,1-2H3. The third-order valence-electron chi connectivity index (χ3n) is 4.22. The van der Waals surface area contributed by atoms with E-state index in [4.69, 9.17) is 0 Å². The molecule has 0 saturated heterocycles. The molecule has 2 aromatic rings. The van der Waals surface area contributed by atoms with Crippen LogP contribution in [0.25, 0.3) is 0 Å². The highest BCUT2D eigenvalue weighted by molar-refractivity contribution is 7.92. The van der Waals surface area contributed by atoms with E-state index < -0.39 is 10.0 Å². The van der Waals surface area contributed by atoms with E-state index in [1.54, 1.807) is 43.3 Å². The van der Waals surface area contributed by atoms with Gasteiger partial charge in [0.05, 0.1) is 18.0 Å². The molecule has 1 heterocycles. The van der Waals surface area contributed by atoms with Gasteiger partial charge in [0.1, 0.15) is 5.82 Å². The predicted octanol–water partition coefficient (Wildman–Crippen LogP) is 3.28. The van der Waals surface area contributed by atoms with E-state index in [1.807, 2.05) is 0 Å². The van der Waals surface area contributed by atoms with Crippen molar-refractivity contribution in [3.63, 3.8) is 0 Å². The van der Waals surface area contributed by atoms with Gasteiger partial charge in [0.2, 0.25) is 15.9 Å². The average Bonchev–Trinajstić information content (AvgIpc) is 3.06. The Hall–Kier alpha value is -2.74. The Labute approximate surface area is 157 Å². The van der Waals surface area contributed by atoms with E-state index in [-0.39, 0.29) is 17.8 Å². The van der Waals surface area contributed by atoms with Crippen LogP contribution in [0.3, 0.4) is 0 Å². The Morgan fingerprint density at radius 3 is 2.56 bits per heavy atom. The van der Waals surface area contributed by atoms with Crippen LogP contribution in [0, 0.1) is 5.82 Å². The van der Waals surface area contributed by atoms with Gasteiger partial charge in [-0.05, 0) is 35.4 Å². The maximum absolute atomic E-state index is 13.6. The molecule has 0 bridgehead atoms. The Kier molecular flexibility index (Phi) is 5.27. The number of benzene rings is 2. The number of anilines is 1. The Balaban J connectivity index is 1.89. The van der Waals surface area contributed by atoms with Crippen molar-refractivity contribution in [2.24, 2.45) is 5.10 Å². The van der Waals surface area contributed by atoms with Gasteiger partial charge in [-0.2, -0.15) is 5.10 Å². The zero-order valence-corrected chi connectivity index (χ0v) is 15.8. The molecule has 0 fully saturated rings. The molecule has 1 amide bonds. The number of nitrogens with zero attached hydrogens (tertiary/aromatic N) is 2. The van der Waals surface area contributed by atoms with E-state index in [9.17, 15) is 17.6 Å². The van der Waals surface area contributed by atoms with E-state index in [1.165, 1.54) is 17.1 Å². The second-order valence-electron chi connectivity index (χ2n) is 6.37. The lowest BCUT2D eigenvalue weighted by Crippen LogP contribution is -2.26. The first-order valence-electron chi connectivity index (χ1n) is 8.50. The molecule has 0 spiro atoms. The Bertz CT molecular complexity index is 988. The quantitative estimate of drug-likeness (QED) is 0.852. The molecule has 1 aliphatic rings. The van der Waals surface area contributed by atoms with Crippen molar-refractivity contribution in [1.82, 2.24) is 5.01 Å². The second kappa shape index (κ2) is 7.48. The number of carbonyl (C=O) groups excluding carboxylic acids is 1. The molecule has 0 saturated carbocycles. The van der Waals surface area contributed by atoms with Crippen molar-refractivity contribution >= 4 is 27.3 Å². The van der Waals surface area contributed by atoms with Crippen molar-refractivity contribution in [3.05, 3.63) is 65.5 Å². The lowest BCUT2D eigenvalue weighted by molar-refractivity contribution is -0.132. The van der Waals surface area contributed by atoms with Gasteiger partial charge in [-0.25, -0.2) is 17.8 Å². The maximum atomic E-state index is 13.6. The molecule has 8 heteroatoms. The minimum Gasteiger partial charge on any atom is -0.284 e. The smallest absolute Gasteiger partial charge is 0.242 e. The summed E-state index contributed by atoms with van der Waals surface area (Å²) in [6, 6.07) is 12.6. The molecule has 6 nitrogen and oxygen atoms in total. The molecule has 1 unspecified atom stereocenters. The molecule has 27 heavy (non-hydrogen) atoms. The van der Waals surface area contributed by atoms with Gasteiger partial charge in [0, 0.05) is 18.5 Å². The van der Waals surface area contributed by atoms with Crippen molar-refractivity contribution in [3.8, 4) is 0 Å². The van der Waals surface area contributed by atoms with Crippen molar-refractivity contribution in [1.29, 1.82) is 0 Å². The monoisotopic (exact) mass is 389 g/mol. The number of hydrogen-bond donors (Lipinski definition) is 1. The number of hydrogen-bond acceptors (Lipinski definition) is 4. The molecule has 0 aliphatic carbocycles. The molecule has 3 rings (SSSR count). The average molecular weight is 389 g/mol. The third-order valence-corrected chi connectivity index (χ3v) is 4.83. The van der Waals surface area contributed by atoms with Gasteiger partial charge in [-0.3, -0.25) is 9.52 Å². The highest BCUT2D eigenvalue weighted by Crippen LogP contribution is 2.33. The zero-order chi connectivity index (χ0) is 19.6. The topological polar surface area (TPSA) is 78.8 Å². The SMILES string of the molecule is CCC(=O)N1N=C(c2ccc(NS(C)(=O)=O)cc2)CC1c1cccc(F)c1. The van der Waals surface area contributed by atoms with Crippen molar-refractivity contribution in [2.75, 3.05) is 11.0 Å². The van der Waals surface area contributed by atoms with Crippen LogP contribution in [-0.4, -0.2) is 31.3 Å². The van der Waals surface area contributed by atoms with Crippen LogP contribution in [-0.2, 0) is 14.8 Å². The number of hydrazone groups is 1. The number of amides is 1. The molecular formula is C19H20FN3O3S. The molecule has 142 valence electrons. The lowest BCUT2D eigenvalue weighted by atomic mass is 9.98. The summed E-state index contributed by atoms with van der Waals surface area (Å²) in [5.74, 6) is -0.504. The minimum atomic E-state index is -3.35.